The first-order valence-electron chi connectivity index (χ1n) is 7.56. The smallest absolute Gasteiger partial charge is 0.407 e. The lowest BCUT2D eigenvalue weighted by Crippen LogP contribution is -2.42. The Hall–Kier alpha value is -1.56. The van der Waals surface area contributed by atoms with Crippen LogP contribution in [0.15, 0.2) is 12.3 Å². The van der Waals surface area contributed by atoms with E-state index < -0.39 is 5.60 Å². The van der Waals surface area contributed by atoms with Gasteiger partial charge in [0.1, 0.15) is 5.60 Å². The molecule has 1 rings (SSSR count). The summed E-state index contributed by atoms with van der Waals surface area (Å²) < 4.78 is 7.19. The van der Waals surface area contributed by atoms with Crippen LogP contribution in [-0.2, 0) is 17.8 Å². The molecule has 1 aromatic rings. The number of hydrogen-bond donors (Lipinski definition) is 2. The summed E-state index contributed by atoms with van der Waals surface area (Å²) in [4.78, 5) is 11.6. The van der Waals surface area contributed by atoms with Crippen molar-refractivity contribution in [2.75, 3.05) is 6.54 Å². The van der Waals surface area contributed by atoms with Gasteiger partial charge in [-0.15, -0.1) is 0 Å². The monoisotopic (exact) mass is 296 g/mol. The van der Waals surface area contributed by atoms with Gasteiger partial charge < -0.3 is 15.4 Å². The van der Waals surface area contributed by atoms with Crippen LogP contribution in [0.25, 0.3) is 0 Å². The van der Waals surface area contributed by atoms with E-state index in [9.17, 15) is 4.79 Å². The molecule has 0 fully saturated rings. The molecule has 6 nitrogen and oxygen atoms in total. The zero-order valence-electron chi connectivity index (χ0n) is 13.8. The SMILES string of the molecule is CCC(CNC(=O)OC(C)(C)C)NCc1ccnn1CC. The normalized spacial score (nSPS) is 13.0. The minimum Gasteiger partial charge on any atom is -0.444 e. The standard InChI is InChI=1S/C15H28N4O2/c1-6-12(10-17-14(20)21-15(3,4)5)16-11-13-8-9-18-19(13)7-2/h8-9,12,16H,6-7,10-11H2,1-5H3,(H,17,20). The Morgan fingerprint density at radius 2 is 2.14 bits per heavy atom. The van der Waals surface area contributed by atoms with Crippen LogP contribution in [-0.4, -0.2) is 34.1 Å². The van der Waals surface area contributed by atoms with Crippen LogP contribution in [0.4, 0.5) is 4.79 Å². The summed E-state index contributed by atoms with van der Waals surface area (Å²) >= 11 is 0. The largest absolute Gasteiger partial charge is 0.444 e. The van der Waals surface area contributed by atoms with Crippen LogP contribution < -0.4 is 10.6 Å². The minimum absolute atomic E-state index is 0.206. The summed E-state index contributed by atoms with van der Waals surface area (Å²) in [6.45, 7) is 11.9. The molecule has 21 heavy (non-hydrogen) atoms. The molecule has 1 amide bonds. The number of alkyl carbamates (subject to hydrolysis) is 1. The van der Waals surface area contributed by atoms with Crippen molar-refractivity contribution in [3.8, 4) is 0 Å². The first-order valence-corrected chi connectivity index (χ1v) is 7.56. The van der Waals surface area contributed by atoms with Crippen molar-refractivity contribution < 1.29 is 9.53 Å². The van der Waals surface area contributed by atoms with E-state index >= 15 is 0 Å². The molecule has 1 unspecified atom stereocenters. The maximum Gasteiger partial charge on any atom is 0.407 e. The van der Waals surface area contributed by atoms with Crippen LogP contribution >= 0.6 is 0 Å². The van der Waals surface area contributed by atoms with E-state index in [2.05, 4.69) is 29.6 Å². The molecule has 120 valence electrons. The molecule has 2 N–H and O–H groups in total. The van der Waals surface area contributed by atoms with E-state index in [1.165, 1.54) is 0 Å². The Morgan fingerprint density at radius 1 is 1.43 bits per heavy atom. The van der Waals surface area contributed by atoms with Gasteiger partial charge in [0.2, 0.25) is 0 Å². The number of nitrogens with zero attached hydrogens (tertiary/aromatic N) is 2. The van der Waals surface area contributed by atoms with Gasteiger partial charge in [-0.1, -0.05) is 6.92 Å². The zero-order chi connectivity index (χ0) is 15.9. The highest BCUT2D eigenvalue weighted by atomic mass is 16.6. The average molecular weight is 296 g/mol. The molecule has 0 aliphatic heterocycles. The quantitative estimate of drug-likeness (QED) is 0.810. The molecule has 1 heterocycles. The van der Waals surface area contributed by atoms with Crippen molar-refractivity contribution in [3.63, 3.8) is 0 Å². The second-order valence-corrected chi connectivity index (χ2v) is 6.01. The van der Waals surface area contributed by atoms with Crippen LogP contribution in [0.1, 0.15) is 46.7 Å². The van der Waals surface area contributed by atoms with Crippen molar-refractivity contribution in [1.82, 2.24) is 20.4 Å². The van der Waals surface area contributed by atoms with Crippen LogP contribution in [0.5, 0.6) is 0 Å². The second kappa shape index (κ2) is 8.02. The Bertz CT molecular complexity index is 437. The van der Waals surface area contributed by atoms with Crippen LogP contribution in [0.3, 0.4) is 0 Å². The second-order valence-electron chi connectivity index (χ2n) is 6.01. The topological polar surface area (TPSA) is 68.2 Å². The average Bonchev–Trinajstić information content (AvgIpc) is 2.84. The molecule has 0 bridgehead atoms. The molecule has 0 saturated heterocycles. The van der Waals surface area contributed by atoms with E-state index in [1.807, 2.05) is 31.5 Å². The molecule has 6 heteroatoms. The lowest BCUT2D eigenvalue weighted by molar-refractivity contribution is 0.0522. The van der Waals surface area contributed by atoms with E-state index in [0.29, 0.717) is 6.54 Å². The van der Waals surface area contributed by atoms with Crippen molar-refractivity contribution in [2.45, 2.75) is 65.8 Å². The number of hydrogen-bond acceptors (Lipinski definition) is 4. The zero-order valence-corrected chi connectivity index (χ0v) is 13.8. The number of aromatic nitrogens is 2. The fourth-order valence-electron chi connectivity index (χ4n) is 1.93. The van der Waals surface area contributed by atoms with Gasteiger partial charge in [-0.2, -0.15) is 5.10 Å². The third-order valence-electron chi connectivity index (χ3n) is 3.06. The summed E-state index contributed by atoms with van der Waals surface area (Å²) in [5.74, 6) is 0. The van der Waals surface area contributed by atoms with E-state index in [-0.39, 0.29) is 12.1 Å². The fraction of sp³-hybridized carbons (Fsp3) is 0.733. The van der Waals surface area contributed by atoms with Gasteiger partial charge >= 0.3 is 6.09 Å². The molecule has 0 radical (unpaired) electrons. The van der Waals surface area contributed by atoms with Gasteiger partial charge in [-0.25, -0.2) is 4.79 Å². The number of carbonyl (C=O) groups excluding carboxylic acids is 1. The molecular weight excluding hydrogens is 268 g/mol. The first-order chi connectivity index (χ1) is 9.85. The Morgan fingerprint density at radius 3 is 2.71 bits per heavy atom. The lowest BCUT2D eigenvalue weighted by atomic mass is 10.2. The highest BCUT2D eigenvalue weighted by molar-refractivity contribution is 5.67. The molecule has 1 aromatic heterocycles. The number of carbonyl (C=O) groups is 1. The highest BCUT2D eigenvalue weighted by Gasteiger charge is 2.17. The predicted octanol–water partition coefficient (Wildman–Crippen LogP) is 2.30. The third kappa shape index (κ3) is 6.62. The van der Waals surface area contributed by atoms with E-state index in [1.54, 1.807) is 6.20 Å². The maximum absolute atomic E-state index is 11.6. The maximum atomic E-state index is 11.6. The van der Waals surface area contributed by atoms with Gasteiger partial charge in [-0.05, 0) is 40.2 Å². The minimum atomic E-state index is -0.465. The van der Waals surface area contributed by atoms with Crippen molar-refractivity contribution in [1.29, 1.82) is 0 Å². The Kier molecular flexibility index (Phi) is 6.68. The summed E-state index contributed by atoms with van der Waals surface area (Å²) in [6, 6.07) is 2.21. The lowest BCUT2D eigenvalue weighted by Gasteiger charge is -2.22. The van der Waals surface area contributed by atoms with Crippen molar-refractivity contribution >= 4 is 6.09 Å². The van der Waals surface area contributed by atoms with Gasteiger partial charge in [-0.3, -0.25) is 4.68 Å². The molecule has 0 saturated carbocycles. The third-order valence-corrected chi connectivity index (χ3v) is 3.06. The molecule has 0 spiro atoms. The van der Waals surface area contributed by atoms with E-state index in [0.717, 1.165) is 25.2 Å². The van der Waals surface area contributed by atoms with Gasteiger partial charge in [0.15, 0.2) is 0 Å². The van der Waals surface area contributed by atoms with Gasteiger partial charge in [0.05, 0.1) is 5.69 Å². The number of amides is 1. The first kappa shape index (κ1) is 17.5. The number of rotatable bonds is 7. The fourth-order valence-corrected chi connectivity index (χ4v) is 1.93. The summed E-state index contributed by atoms with van der Waals surface area (Å²) in [5, 5.41) is 10.5. The summed E-state index contributed by atoms with van der Waals surface area (Å²) in [5.41, 5.74) is 0.681. The van der Waals surface area contributed by atoms with Gasteiger partial charge in [0, 0.05) is 31.9 Å². The number of ether oxygens (including phenoxy) is 1. The molecular formula is C15H28N4O2. The Balaban J connectivity index is 2.37. The van der Waals surface area contributed by atoms with Crippen molar-refractivity contribution in [2.24, 2.45) is 0 Å². The molecule has 0 aliphatic carbocycles. The Labute approximate surface area is 127 Å². The summed E-state index contributed by atoms with van der Waals surface area (Å²) in [6.07, 6.45) is 2.36. The molecule has 1 atom stereocenters. The molecule has 0 aromatic carbocycles. The van der Waals surface area contributed by atoms with Gasteiger partial charge in [0.25, 0.3) is 0 Å². The summed E-state index contributed by atoms with van der Waals surface area (Å²) in [7, 11) is 0. The van der Waals surface area contributed by atoms with E-state index in [4.69, 9.17) is 4.74 Å². The predicted molar refractivity (Wildman–Crippen MR) is 83.1 cm³/mol. The van der Waals surface area contributed by atoms with Crippen molar-refractivity contribution in [3.05, 3.63) is 18.0 Å². The van der Waals surface area contributed by atoms with Crippen LogP contribution in [0, 0.1) is 0 Å². The van der Waals surface area contributed by atoms with Crippen LogP contribution in [0.2, 0.25) is 0 Å². The highest BCUT2D eigenvalue weighted by Crippen LogP contribution is 2.06. The number of aryl methyl sites for hydroxylation is 1. The molecule has 0 aliphatic rings. The number of nitrogens with one attached hydrogen (secondary N) is 2.